The fourth-order valence-electron chi connectivity index (χ4n) is 3.18. The Bertz CT molecular complexity index is 600. The van der Waals surface area contributed by atoms with Crippen LogP contribution in [0.5, 0.6) is 0 Å². The van der Waals surface area contributed by atoms with Gasteiger partial charge in [0.25, 0.3) is 11.8 Å². The second kappa shape index (κ2) is 3.91. The van der Waals surface area contributed by atoms with Gasteiger partial charge in [-0.25, -0.2) is 0 Å². The number of amides is 2. The number of nitrogens with zero attached hydrogens (tertiary/aromatic N) is 1. The van der Waals surface area contributed by atoms with Crippen molar-refractivity contribution in [2.24, 2.45) is 17.3 Å². The molecule has 3 rings (SSSR count). The van der Waals surface area contributed by atoms with E-state index in [2.05, 4.69) is 0 Å². The van der Waals surface area contributed by atoms with Crippen LogP contribution in [0.2, 0.25) is 0 Å². The number of carbonyl (C=O) groups excluding carboxylic acids is 2. The molecular weight excluding hydrogens is 258 g/mol. The van der Waals surface area contributed by atoms with Gasteiger partial charge < -0.3 is 5.11 Å². The summed E-state index contributed by atoms with van der Waals surface area (Å²) >= 11 is 0. The third-order valence-electron chi connectivity index (χ3n) is 4.57. The third kappa shape index (κ3) is 1.59. The number of carboxylic acids is 1. The van der Waals surface area contributed by atoms with Crippen LogP contribution in [0.25, 0.3) is 0 Å². The first-order valence-electron chi connectivity index (χ1n) is 6.53. The van der Waals surface area contributed by atoms with Crippen LogP contribution in [0.3, 0.4) is 0 Å². The predicted octanol–water partition coefficient (Wildman–Crippen LogP) is 1.64. The molecule has 2 atom stereocenters. The van der Waals surface area contributed by atoms with Crippen LogP contribution in [0, 0.1) is 17.3 Å². The fourth-order valence-corrected chi connectivity index (χ4v) is 3.18. The molecule has 2 amide bonds. The van der Waals surface area contributed by atoms with Gasteiger partial charge in [-0.2, -0.15) is 0 Å². The van der Waals surface area contributed by atoms with Crippen LogP contribution in [0.4, 0.5) is 0 Å². The molecule has 1 N–H and O–H groups in total. The Morgan fingerprint density at radius 1 is 1.20 bits per heavy atom. The summed E-state index contributed by atoms with van der Waals surface area (Å²) < 4.78 is 0. The third-order valence-corrected chi connectivity index (χ3v) is 4.57. The zero-order chi connectivity index (χ0) is 14.7. The minimum absolute atomic E-state index is 0.177. The average Bonchev–Trinajstić information content (AvgIpc) is 2.86. The highest BCUT2D eigenvalue weighted by Crippen LogP contribution is 2.58. The quantitative estimate of drug-likeness (QED) is 0.849. The minimum atomic E-state index is -0.864. The molecule has 1 aromatic carbocycles. The molecule has 1 saturated carbocycles. The normalized spacial score (nSPS) is 26.6. The molecule has 0 saturated heterocycles. The van der Waals surface area contributed by atoms with Crippen molar-refractivity contribution in [3.05, 3.63) is 35.4 Å². The standard InChI is InChI=1S/C15H15NO4/c1-15(2)10(11(15)14(19)20)7-16-12(17)8-5-3-4-6-9(8)13(16)18/h3-6,10-11H,7H2,1-2H3,(H,19,20)/t10-,11-/m0/s1. The van der Waals surface area contributed by atoms with Crippen LogP contribution in [0.1, 0.15) is 34.6 Å². The summed E-state index contributed by atoms with van der Waals surface area (Å²) in [5.74, 6) is -2.18. The predicted molar refractivity (Wildman–Crippen MR) is 70.2 cm³/mol. The first-order chi connectivity index (χ1) is 9.35. The van der Waals surface area contributed by atoms with Crippen molar-refractivity contribution in [1.82, 2.24) is 4.90 Å². The van der Waals surface area contributed by atoms with E-state index in [1.54, 1.807) is 24.3 Å². The van der Waals surface area contributed by atoms with E-state index < -0.39 is 11.9 Å². The lowest BCUT2D eigenvalue weighted by Crippen LogP contribution is -2.32. The van der Waals surface area contributed by atoms with Crippen LogP contribution >= 0.6 is 0 Å². The molecule has 1 aromatic rings. The maximum Gasteiger partial charge on any atom is 0.307 e. The molecule has 1 heterocycles. The second-order valence-electron chi connectivity index (χ2n) is 6.01. The molecule has 1 aliphatic carbocycles. The summed E-state index contributed by atoms with van der Waals surface area (Å²) in [7, 11) is 0. The van der Waals surface area contributed by atoms with Gasteiger partial charge in [-0.15, -0.1) is 0 Å². The highest BCUT2D eigenvalue weighted by atomic mass is 16.4. The summed E-state index contributed by atoms with van der Waals surface area (Å²) in [6.07, 6.45) is 0. The summed E-state index contributed by atoms with van der Waals surface area (Å²) in [4.78, 5) is 36.8. The Balaban J connectivity index is 1.83. The van der Waals surface area contributed by atoms with Crippen LogP contribution in [-0.4, -0.2) is 34.3 Å². The van der Waals surface area contributed by atoms with Crippen molar-refractivity contribution >= 4 is 17.8 Å². The van der Waals surface area contributed by atoms with Gasteiger partial charge in [0, 0.05) is 6.54 Å². The molecular formula is C15H15NO4. The lowest BCUT2D eigenvalue weighted by Gasteiger charge is -2.14. The number of benzene rings is 1. The number of hydrogen-bond acceptors (Lipinski definition) is 3. The van der Waals surface area contributed by atoms with E-state index in [9.17, 15) is 14.4 Å². The number of hydrogen-bond donors (Lipinski definition) is 1. The van der Waals surface area contributed by atoms with Gasteiger partial charge in [-0.1, -0.05) is 26.0 Å². The molecule has 2 aliphatic rings. The van der Waals surface area contributed by atoms with Gasteiger partial charge in [-0.05, 0) is 23.5 Å². The summed E-state index contributed by atoms with van der Waals surface area (Å²) in [6.45, 7) is 3.89. The van der Waals surface area contributed by atoms with Crippen LogP contribution < -0.4 is 0 Å². The van der Waals surface area contributed by atoms with Crippen molar-refractivity contribution in [3.8, 4) is 0 Å². The Kier molecular flexibility index (Phi) is 2.51. The number of carbonyl (C=O) groups is 3. The van der Waals surface area contributed by atoms with E-state index >= 15 is 0 Å². The van der Waals surface area contributed by atoms with Crippen molar-refractivity contribution < 1.29 is 19.5 Å². The van der Waals surface area contributed by atoms with Crippen molar-refractivity contribution in [2.45, 2.75) is 13.8 Å². The van der Waals surface area contributed by atoms with Gasteiger partial charge in [0.1, 0.15) is 0 Å². The molecule has 0 unspecified atom stereocenters. The Hall–Kier alpha value is -2.17. The largest absolute Gasteiger partial charge is 0.481 e. The summed E-state index contributed by atoms with van der Waals surface area (Å²) in [5.41, 5.74) is 0.437. The molecule has 104 valence electrons. The maximum atomic E-state index is 12.2. The van der Waals surface area contributed by atoms with Crippen molar-refractivity contribution in [3.63, 3.8) is 0 Å². The minimum Gasteiger partial charge on any atom is -0.481 e. The first-order valence-corrected chi connectivity index (χ1v) is 6.53. The van der Waals surface area contributed by atoms with E-state index in [0.717, 1.165) is 0 Å². The Labute approximate surface area is 116 Å². The maximum absolute atomic E-state index is 12.2. The molecule has 0 radical (unpaired) electrons. The number of carboxylic acid groups (broad SMARTS) is 1. The van der Waals surface area contributed by atoms with Gasteiger partial charge in [0.05, 0.1) is 17.0 Å². The smallest absolute Gasteiger partial charge is 0.307 e. The van der Waals surface area contributed by atoms with E-state index in [1.807, 2.05) is 13.8 Å². The average molecular weight is 273 g/mol. The Morgan fingerprint density at radius 3 is 2.10 bits per heavy atom. The summed E-state index contributed by atoms with van der Waals surface area (Å²) in [6, 6.07) is 6.69. The van der Waals surface area contributed by atoms with Gasteiger partial charge in [-0.3, -0.25) is 19.3 Å². The molecule has 1 aliphatic heterocycles. The molecule has 0 bridgehead atoms. The SMILES string of the molecule is CC1(C)[C@H](C(=O)O)[C@@H]1CN1C(=O)c2ccccc2C1=O. The van der Waals surface area contributed by atoms with Gasteiger partial charge in [0.15, 0.2) is 0 Å². The first kappa shape index (κ1) is 12.8. The lowest BCUT2D eigenvalue weighted by atomic mass is 10.1. The lowest BCUT2D eigenvalue weighted by molar-refractivity contribution is -0.139. The summed E-state index contributed by atoms with van der Waals surface area (Å²) in [5, 5.41) is 9.15. The molecule has 5 nitrogen and oxygen atoms in total. The van der Waals surface area contributed by atoms with Crippen molar-refractivity contribution in [2.75, 3.05) is 6.54 Å². The number of aliphatic carboxylic acids is 1. The van der Waals surface area contributed by atoms with Gasteiger partial charge in [0.2, 0.25) is 0 Å². The second-order valence-corrected chi connectivity index (χ2v) is 6.01. The molecule has 5 heteroatoms. The monoisotopic (exact) mass is 273 g/mol. The number of imide groups is 1. The molecule has 20 heavy (non-hydrogen) atoms. The van der Waals surface area contributed by atoms with Crippen LogP contribution in [0.15, 0.2) is 24.3 Å². The zero-order valence-electron chi connectivity index (χ0n) is 11.3. The van der Waals surface area contributed by atoms with E-state index in [4.69, 9.17) is 5.11 Å². The highest BCUT2D eigenvalue weighted by molar-refractivity contribution is 6.21. The van der Waals surface area contributed by atoms with Gasteiger partial charge >= 0.3 is 5.97 Å². The number of fused-ring (bicyclic) bond motifs is 1. The topological polar surface area (TPSA) is 74.7 Å². The van der Waals surface area contributed by atoms with Crippen molar-refractivity contribution in [1.29, 1.82) is 0 Å². The Morgan fingerprint density at radius 2 is 1.70 bits per heavy atom. The molecule has 1 fully saturated rings. The van der Waals surface area contributed by atoms with Crippen LogP contribution in [-0.2, 0) is 4.79 Å². The molecule has 0 aromatic heterocycles. The highest BCUT2D eigenvalue weighted by Gasteiger charge is 2.63. The molecule has 0 spiro atoms. The van der Waals surface area contributed by atoms with E-state index in [0.29, 0.717) is 11.1 Å². The zero-order valence-corrected chi connectivity index (χ0v) is 11.3. The number of rotatable bonds is 3. The van der Waals surface area contributed by atoms with E-state index in [1.165, 1.54) is 4.90 Å². The fraction of sp³-hybridized carbons (Fsp3) is 0.400. The van der Waals surface area contributed by atoms with E-state index in [-0.39, 0.29) is 29.7 Å².